The molecule has 0 radical (unpaired) electrons. The van der Waals surface area contributed by atoms with Gasteiger partial charge in [0.1, 0.15) is 12.6 Å². The van der Waals surface area contributed by atoms with Crippen molar-refractivity contribution in [2.75, 3.05) is 31.2 Å². The Morgan fingerprint density at radius 1 is 1.28 bits per heavy atom. The predicted molar refractivity (Wildman–Crippen MR) is 142 cm³/mol. The number of fused-ring (bicyclic) bond motifs is 1. The van der Waals surface area contributed by atoms with E-state index in [0.717, 1.165) is 23.2 Å². The molecular formula is C28H36N2O5S. The molecule has 194 valence electrons. The number of para-hydroxylation sites is 1. The Kier molecular flexibility index (Phi) is 7.67. The lowest BCUT2D eigenvalue weighted by Crippen LogP contribution is -2.57. The average Bonchev–Trinajstić information content (AvgIpc) is 3.43. The van der Waals surface area contributed by atoms with Crippen LogP contribution in [0.5, 0.6) is 0 Å². The Morgan fingerprint density at radius 2 is 1.97 bits per heavy atom. The molecule has 2 amide bonds. The number of esters is 1. The van der Waals surface area contributed by atoms with Gasteiger partial charge in [0, 0.05) is 30.6 Å². The number of amides is 2. The van der Waals surface area contributed by atoms with Crippen molar-refractivity contribution in [3.8, 4) is 0 Å². The number of ether oxygens (including phenoxy) is 1. The van der Waals surface area contributed by atoms with Crippen LogP contribution < -0.4 is 4.90 Å². The molecule has 4 rings (SSSR count). The first kappa shape index (κ1) is 26.5. The molecule has 0 saturated carbocycles. The average molecular weight is 513 g/mol. The van der Waals surface area contributed by atoms with E-state index in [-0.39, 0.29) is 42.7 Å². The van der Waals surface area contributed by atoms with Gasteiger partial charge in [0.25, 0.3) is 5.91 Å². The number of aryl methyl sites for hydroxylation is 2. The fourth-order valence-electron chi connectivity index (χ4n) is 6.59. The van der Waals surface area contributed by atoms with Gasteiger partial charge in [-0.25, -0.2) is 0 Å². The van der Waals surface area contributed by atoms with E-state index < -0.39 is 28.6 Å². The van der Waals surface area contributed by atoms with Crippen molar-refractivity contribution in [2.24, 2.45) is 17.8 Å². The number of nitrogens with zero attached hydrogens (tertiary/aromatic N) is 2. The molecule has 0 aliphatic carbocycles. The molecule has 1 spiro atoms. The number of benzene rings is 1. The summed E-state index contributed by atoms with van der Waals surface area (Å²) in [5.74, 6) is -1.93. The highest BCUT2D eigenvalue weighted by molar-refractivity contribution is 8.02. The van der Waals surface area contributed by atoms with Gasteiger partial charge >= 0.3 is 5.97 Å². The number of anilines is 1. The molecule has 3 heterocycles. The zero-order valence-corrected chi connectivity index (χ0v) is 22.1. The molecule has 3 saturated heterocycles. The van der Waals surface area contributed by atoms with E-state index in [2.05, 4.69) is 20.1 Å². The van der Waals surface area contributed by atoms with Gasteiger partial charge in [0.15, 0.2) is 0 Å². The summed E-state index contributed by atoms with van der Waals surface area (Å²) in [6.45, 7) is 14.1. The molecule has 6 atom stereocenters. The van der Waals surface area contributed by atoms with Gasteiger partial charge < -0.3 is 19.6 Å². The summed E-state index contributed by atoms with van der Waals surface area (Å²) >= 11 is 1.62. The molecular weight excluding hydrogens is 476 g/mol. The maximum absolute atomic E-state index is 14.6. The van der Waals surface area contributed by atoms with Gasteiger partial charge in [-0.3, -0.25) is 14.4 Å². The molecule has 8 heteroatoms. The van der Waals surface area contributed by atoms with Crippen LogP contribution in [-0.2, 0) is 19.1 Å². The molecule has 36 heavy (non-hydrogen) atoms. The number of aliphatic hydroxyl groups is 1. The minimum Gasteiger partial charge on any atom is -0.461 e. The van der Waals surface area contributed by atoms with Gasteiger partial charge in [0.2, 0.25) is 5.91 Å². The van der Waals surface area contributed by atoms with Gasteiger partial charge in [0.05, 0.1) is 16.6 Å². The van der Waals surface area contributed by atoms with E-state index in [9.17, 15) is 19.5 Å². The number of carbonyl (C=O) groups is 3. The van der Waals surface area contributed by atoms with Crippen LogP contribution in [0.1, 0.15) is 30.9 Å². The second kappa shape index (κ2) is 10.4. The van der Waals surface area contributed by atoms with Crippen LogP contribution in [0.15, 0.2) is 43.5 Å². The van der Waals surface area contributed by atoms with E-state index in [4.69, 9.17) is 4.74 Å². The highest BCUT2D eigenvalue weighted by Gasteiger charge is 2.76. The Balaban J connectivity index is 1.82. The van der Waals surface area contributed by atoms with Crippen LogP contribution in [0.4, 0.5) is 5.69 Å². The molecule has 1 aromatic carbocycles. The lowest BCUT2D eigenvalue weighted by molar-refractivity contribution is -0.153. The maximum atomic E-state index is 14.6. The van der Waals surface area contributed by atoms with Crippen LogP contribution in [0, 0.1) is 31.6 Å². The van der Waals surface area contributed by atoms with E-state index >= 15 is 0 Å². The van der Waals surface area contributed by atoms with Crippen molar-refractivity contribution in [3.05, 3.63) is 54.6 Å². The van der Waals surface area contributed by atoms with Crippen molar-refractivity contribution >= 4 is 35.2 Å². The normalized spacial score (nSPS) is 30.3. The number of aliphatic hydroxyl groups excluding tert-OH is 1. The number of likely N-dealkylation sites (tertiary alicyclic amines) is 1. The molecule has 2 bridgehead atoms. The zero-order valence-electron chi connectivity index (χ0n) is 21.3. The first-order valence-corrected chi connectivity index (χ1v) is 13.5. The van der Waals surface area contributed by atoms with Gasteiger partial charge in [-0.15, -0.1) is 18.3 Å². The van der Waals surface area contributed by atoms with Crippen molar-refractivity contribution in [2.45, 2.75) is 49.7 Å². The Bertz CT molecular complexity index is 1050. The lowest BCUT2D eigenvalue weighted by atomic mass is 9.66. The molecule has 1 N–H and O–H groups in total. The second-order valence-corrected chi connectivity index (χ2v) is 11.6. The summed E-state index contributed by atoms with van der Waals surface area (Å²) in [6, 6.07) is 5.16. The fraction of sp³-hybridized carbons (Fsp3) is 0.536. The topological polar surface area (TPSA) is 87.1 Å². The molecule has 3 fully saturated rings. The third-order valence-corrected chi connectivity index (χ3v) is 10.0. The van der Waals surface area contributed by atoms with Crippen molar-refractivity contribution in [1.82, 2.24) is 4.90 Å². The summed E-state index contributed by atoms with van der Waals surface area (Å²) in [5, 5.41) is 9.49. The van der Waals surface area contributed by atoms with E-state index in [1.165, 1.54) is 6.08 Å². The molecule has 1 aromatic rings. The number of hydrogen-bond acceptors (Lipinski definition) is 6. The Labute approximate surface area is 217 Å². The first-order chi connectivity index (χ1) is 17.2. The first-order valence-electron chi connectivity index (χ1n) is 12.6. The molecule has 3 unspecified atom stereocenters. The molecule has 3 aliphatic rings. The number of rotatable bonds is 10. The van der Waals surface area contributed by atoms with Crippen LogP contribution in [-0.4, -0.2) is 70.1 Å². The van der Waals surface area contributed by atoms with E-state index in [0.29, 0.717) is 13.0 Å². The van der Waals surface area contributed by atoms with Crippen molar-refractivity contribution in [1.29, 1.82) is 0 Å². The summed E-state index contributed by atoms with van der Waals surface area (Å²) in [6.07, 6.45) is 4.32. The van der Waals surface area contributed by atoms with E-state index in [1.54, 1.807) is 27.6 Å². The SMILES string of the molecule is C=CCOC(=O)[C@@H]1[C@H]2C(=O)N(CCCO)C(C(=O)N(CC=C)c3c(C)cccc3C)C23S[C@@H]1CC3C. The van der Waals surface area contributed by atoms with Crippen LogP contribution in [0.3, 0.4) is 0 Å². The van der Waals surface area contributed by atoms with Crippen molar-refractivity contribution < 1.29 is 24.2 Å². The third-order valence-electron chi connectivity index (χ3n) is 7.94. The van der Waals surface area contributed by atoms with E-state index in [1.807, 2.05) is 32.0 Å². The quantitative estimate of drug-likeness (QED) is 0.383. The number of carbonyl (C=O) groups excluding carboxylic acids is 3. The minimum absolute atomic E-state index is 0.0570. The summed E-state index contributed by atoms with van der Waals surface area (Å²) in [4.78, 5) is 45.0. The number of thioether (sulfide) groups is 1. The van der Waals surface area contributed by atoms with Gasteiger partial charge in [-0.2, -0.15) is 0 Å². The lowest BCUT2D eigenvalue weighted by Gasteiger charge is -2.41. The Morgan fingerprint density at radius 3 is 2.58 bits per heavy atom. The number of hydrogen-bond donors (Lipinski definition) is 1. The third kappa shape index (κ3) is 3.98. The fourth-order valence-corrected chi connectivity index (χ4v) is 8.99. The summed E-state index contributed by atoms with van der Waals surface area (Å²) in [7, 11) is 0. The van der Waals surface area contributed by atoms with Crippen LogP contribution in [0.25, 0.3) is 0 Å². The van der Waals surface area contributed by atoms with Crippen LogP contribution >= 0.6 is 11.8 Å². The predicted octanol–water partition coefficient (Wildman–Crippen LogP) is 3.27. The largest absolute Gasteiger partial charge is 0.461 e. The monoisotopic (exact) mass is 512 g/mol. The molecule has 3 aliphatic heterocycles. The minimum atomic E-state index is -0.747. The van der Waals surface area contributed by atoms with Crippen molar-refractivity contribution in [3.63, 3.8) is 0 Å². The van der Waals surface area contributed by atoms with Gasteiger partial charge in [-0.1, -0.05) is 43.9 Å². The Hall–Kier alpha value is -2.58. The highest BCUT2D eigenvalue weighted by atomic mass is 32.2. The van der Waals surface area contributed by atoms with Gasteiger partial charge in [-0.05, 0) is 43.7 Å². The maximum Gasteiger partial charge on any atom is 0.311 e. The van der Waals surface area contributed by atoms with Crippen LogP contribution in [0.2, 0.25) is 0 Å². The molecule has 0 aromatic heterocycles. The summed E-state index contributed by atoms with van der Waals surface area (Å²) in [5.41, 5.74) is 2.75. The highest BCUT2D eigenvalue weighted by Crippen LogP contribution is 2.68. The second-order valence-electron chi connectivity index (χ2n) is 10.1. The zero-order chi connectivity index (χ0) is 26.2. The standard InChI is InChI=1S/C28H36N2O5S/c1-6-12-29(23-17(3)10-8-11-18(23)4)26(33)24-28-19(5)16-20(36-28)21(27(34)35-15-7-2)22(28)25(32)30(24)13-9-14-31/h6-8,10-11,19-22,24,31H,1-2,9,12-16H2,3-5H3/t19?,20-,21+,22+,24?,28?/m1/s1. The smallest absolute Gasteiger partial charge is 0.311 e. The molecule has 7 nitrogen and oxygen atoms in total. The summed E-state index contributed by atoms with van der Waals surface area (Å²) < 4.78 is 4.69.